The van der Waals surface area contributed by atoms with Crippen LogP contribution in [0, 0.1) is 16.7 Å². The van der Waals surface area contributed by atoms with Gasteiger partial charge in [0.05, 0.1) is 42.8 Å². The number of anilines is 1. The zero-order valence-electron chi connectivity index (χ0n) is 19.4. The largest absolute Gasteiger partial charge is 0.493 e. The van der Waals surface area contributed by atoms with Crippen molar-refractivity contribution in [3.05, 3.63) is 53.1 Å². The van der Waals surface area contributed by atoms with E-state index >= 15 is 0 Å². The Hall–Kier alpha value is -3.18. The Bertz CT molecular complexity index is 1100. The van der Waals surface area contributed by atoms with Gasteiger partial charge in [0.1, 0.15) is 0 Å². The smallest absolute Gasteiger partial charge is 0.305 e. The number of nitrogens with zero attached hydrogens (tertiary/aromatic N) is 2. The molecule has 1 aliphatic heterocycles. The Balaban J connectivity index is 2.30. The van der Waals surface area contributed by atoms with Gasteiger partial charge in [-0.25, -0.2) is 0 Å². The maximum absolute atomic E-state index is 13.7. The molecule has 0 saturated carbocycles. The van der Waals surface area contributed by atoms with E-state index in [1.807, 2.05) is 32.9 Å². The highest BCUT2D eigenvalue weighted by atomic mass is 32.2. The van der Waals surface area contributed by atoms with Crippen LogP contribution in [0.5, 0.6) is 11.5 Å². The van der Waals surface area contributed by atoms with Crippen LogP contribution in [0.4, 0.5) is 5.69 Å². The first-order valence-corrected chi connectivity index (χ1v) is 11.5. The van der Waals surface area contributed by atoms with Crippen molar-refractivity contribution >= 4 is 29.3 Å². The maximum Gasteiger partial charge on any atom is 0.305 e. The minimum absolute atomic E-state index is 0.229. The molecular weight excluding hydrogens is 440 g/mol. The average molecular weight is 469 g/mol. The summed E-state index contributed by atoms with van der Waals surface area (Å²) < 4.78 is 11.1. The lowest BCUT2D eigenvalue weighted by Crippen LogP contribution is -2.42. The number of hydrogen-bond acceptors (Lipinski definition) is 6. The van der Waals surface area contributed by atoms with Gasteiger partial charge in [-0.3, -0.25) is 9.59 Å². The Labute approximate surface area is 198 Å². The van der Waals surface area contributed by atoms with E-state index in [1.54, 1.807) is 43.4 Å². The molecule has 3 rings (SSSR count). The fourth-order valence-corrected chi connectivity index (χ4v) is 5.44. The summed E-state index contributed by atoms with van der Waals surface area (Å²) >= 11 is 1.27. The number of para-hydroxylation sites is 1. The second-order valence-electron chi connectivity index (χ2n) is 9.06. The van der Waals surface area contributed by atoms with E-state index in [9.17, 15) is 20.0 Å². The van der Waals surface area contributed by atoms with Crippen LogP contribution in [0.3, 0.4) is 0 Å². The van der Waals surface area contributed by atoms with Gasteiger partial charge in [0.2, 0.25) is 5.91 Å². The maximum atomic E-state index is 13.7. The van der Waals surface area contributed by atoms with Crippen molar-refractivity contribution < 1.29 is 24.2 Å². The lowest BCUT2D eigenvalue weighted by Gasteiger charge is -2.31. The summed E-state index contributed by atoms with van der Waals surface area (Å²) in [6.07, 6.45) is -0.313. The Morgan fingerprint density at radius 2 is 1.91 bits per heavy atom. The summed E-state index contributed by atoms with van der Waals surface area (Å²) in [5.41, 5.74) is 2.41. The second-order valence-corrected chi connectivity index (χ2v) is 10.4. The third-order valence-corrected chi connectivity index (χ3v) is 6.76. The van der Waals surface area contributed by atoms with Crippen molar-refractivity contribution in [1.29, 1.82) is 5.26 Å². The predicted molar refractivity (Wildman–Crippen MR) is 128 cm³/mol. The predicted octanol–water partition coefficient (Wildman–Crippen LogP) is 4.63. The lowest BCUT2D eigenvalue weighted by atomic mass is 9.93. The van der Waals surface area contributed by atoms with E-state index in [1.165, 1.54) is 11.8 Å². The number of carbonyl (C=O) groups excluding carboxylic acids is 1. The third kappa shape index (κ3) is 5.25. The summed E-state index contributed by atoms with van der Waals surface area (Å²) in [6, 6.07) is 12.9. The minimum Gasteiger partial charge on any atom is -0.493 e. The lowest BCUT2D eigenvalue weighted by molar-refractivity contribution is -0.138. The molecule has 1 heterocycles. The number of aliphatic carboxylic acids is 1. The number of carbonyl (C=O) groups is 2. The number of carboxylic acids is 1. The zero-order chi connectivity index (χ0) is 24.3. The number of thioether (sulfide) groups is 1. The highest BCUT2D eigenvalue weighted by Crippen LogP contribution is 2.51. The van der Waals surface area contributed by atoms with Gasteiger partial charge in [-0.05, 0) is 35.2 Å². The van der Waals surface area contributed by atoms with Gasteiger partial charge in [-0.1, -0.05) is 32.9 Å². The molecule has 1 amide bonds. The van der Waals surface area contributed by atoms with Crippen LogP contribution in [0.15, 0.2) is 36.4 Å². The van der Waals surface area contributed by atoms with Gasteiger partial charge in [-0.2, -0.15) is 5.26 Å². The van der Waals surface area contributed by atoms with Crippen molar-refractivity contribution in [2.24, 2.45) is 5.41 Å². The molecule has 8 heteroatoms. The topological polar surface area (TPSA) is 99.9 Å². The SMILES string of the molecule is COc1cccc([C@H]2S[C@H](CC(=O)O)C(=O)N(CC(C)(C)C)c3ccc(C#N)cc32)c1OC. The molecule has 1 aliphatic rings. The number of carboxylic acid groups (broad SMARTS) is 1. The van der Waals surface area contributed by atoms with Crippen molar-refractivity contribution in [1.82, 2.24) is 0 Å². The average Bonchev–Trinajstić information content (AvgIpc) is 2.87. The molecule has 2 aromatic rings. The van der Waals surface area contributed by atoms with Crippen molar-refractivity contribution in [3.63, 3.8) is 0 Å². The quantitative estimate of drug-likeness (QED) is 0.659. The molecule has 0 aliphatic carbocycles. The first-order chi connectivity index (χ1) is 15.6. The van der Waals surface area contributed by atoms with Gasteiger partial charge >= 0.3 is 5.97 Å². The second kappa shape index (κ2) is 9.75. The summed E-state index contributed by atoms with van der Waals surface area (Å²) in [4.78, 5) is 27.0. The van der Waals surface area contributed by atoms with E-state index in [2.05, 4.69) is 6.07 Å². The van der Waals surface area contributed by atoms with Gasteiger partial charge in [-0.15, -0.1) is 11.8 Å². The first-order valence-electron chi connectivity index (χ1n) is 10.5. The van der Waals surface area contributed by atoms with Crippen LogP contribution in [0.2, 0.25) is 0 Å². The minimum atomic E-state index is -1.04. The standard InChI is InChI=1S/C25H28N2O5S/c1-25(2,3)14-27-18-10-9-15(13-26)11-17(18)23(33-20(24(27)30)12-21(28)29)16-7-6-8-19(31-4)22(16)32-5/h6-11,20,23H,12,14H2,1-5H3,(H,28,29)/t20-,23-/m1/s1. The van der Waals surface area contributed by atoms with E-state index in [0.717, 1.165) is 11.1 Å². The number of amides is 1. The van der Waals surface area contributed by atoms with Gasteiger partial charge in [0.15, 0.2) is 11.5 Å². The molecule has 0 aromatic heterocycles. The van der Waals surface area contributed by atoms with Gasteiger partial charge in [0, 0.05) is 17.8 Å². The molecule has 0 unspecified atom stereocenters. The fraction of sp³-hybridized carbons (Fsp3) is 0.400. The number of ether oxygens (including phenoxy) is 2. The number of nitriles is 1. The molecule has 7 nitrogen and oxygen atoms in total. The van der Waals surface area contributed by atoms with Crippen LogP contribution in [-0.2, 0) is 9.59 Å². The molecule has 33 heavy (non-hydrogen) atoms. The van der Waals surface area contributed by atoms with Crippen LogP contribution in [0.1, 0.15) is 49.1 Å². The van der Waals surface area contributed by atoms with Gasteiger partial charge < -0.3 is 19.5 Å². The highest BCUT2D eigenvalue weighted by molar-refractivity contribution is 8.01. The summed E-state index contributed by atoms with van der Waals surface area (Å²) in [5.74, 6) is -0.258. The van der Waals surface area contributed by atoms with Crippen LogP contribution >= 0.6 is 11.8 Å². The molecular formula is C25H28N2O5S. The van der Waals surface area contributed by atoms with E-state index in [4.69, 9.17) is 9.47 Å². The summed E-state index contributed by atoms with van der Waals surface area (Å²) in [7, 11) is 3.09. The fourth-order valence-electron chi connectivity index (χ4n) is 3.96. The number of rotatable bonds is 6. The van der Waals surface area contributed by atoms with Crippen molar-refractivity contribution in [3.8, 4) is 17.6 Å². The molecule has 0 bridgehead atoms. The van der Waals surface area contributed by atoms with Crippen LogP contribution in [-0.4, -0.2) is 43.0 Å². The Morgan fingerprint density at radius 3 is 2.48 bits per heavy atom. The Morgan fingerprint density at radius 1 is 1.18 bits per heavy atom. The molecule has 0 spiro atoms. The van der Waals surface area contributed by atoms with Gasteiger partial charge in [0.25, 0.3) is 0 Å². The van der Waals surface area contributed by atoms with Crippen LogP contribution in [0.25, 0.3) is 0 Å². The molecule has 0 fully saturated rings. The summed E-state index contributed by atoms with van der Waals surface area (Å²) in [6.45, 7) is 6.48. The molecule has 2 aromatic carbocycles. The number of hydrogen-bond donors (Lipinski definition) is 1. The first kappa shape index (κ1) is 24.5. The van der Waals surface area contributed by atoms with E-state index < -0.39 is 16.5 Å². The zero-order valence-corrected chi connectivity index (χ0v) is 20.2. The molecule has 2 atom stereocenters. The number of benzene rings is 2. The van der Waals surface area contributed by atoms with Crippen LogP contribution < -0.4 is 14.4 Å². The number of methoxy groups -OCH3 is 2. The molecule has 0 saturated heterocycles. The third-order valence-electron chi connectivity index (χ3n) is 5.28. The van der Waals surface area contributed by atoms with E-state index in [0.29, 0.717) is 29.3 Å². The molecule has 0 radical (unpaired) electrons. The molecule has 1 N–H and O–H groups in total. The van der Waals surface area contributed by atoms with E-state index in [-0.39, 0.29) is 17.7 Å². The molecule has 174 valence electrons. The monoisotopic (exact) mass is 468 g/mol. The van der Waals surface area contributed by atoms with Crippen molar-refractivity contribution in [2.75, 3.05) is 25.7 Å². The normalized spacial score (nSPS) is 18.2. The highest BCUT2D eigenvalue weighted by Gasteiger charge is 2.39. The number of fused-ring (bicyclic) bond motifs is 1. The Kier molecular flexibility index (Phi) is 7.23. The summed E-state index contributed by atoms with van der Waals surface area (Å²) in [5, 5.41) is 17.9. The van der Waals surface area contributed by atoms with Crippen molar-refractivity contribution in [2.45, 2.75) is 37.7 Å².